The number of nitrogens with two attached hydrogens (primary N) is 1. The fourth-order valence-corrected chi connectivity index (χ4v) is 5.27. The lowest BCUT2D eigenvalue weighted by molar-refractivity contribution is 0.110. The van der Waals surface area contributed by atoms with Gasteiger partial charge in [-0.2, -0.15) is 0 Å². The maximum absolute atomic E-state index is 11.9. The summed E-state index contributed by atoms with van der Waals surface area (Å²) in [7, 11) is -2.95. The molecule has 0 aromatic rings. The first kappa shape index (κ1) is 13.2. The van der Waals surface area contributed by atoms with E-state index in [1.54, 1.807) is 0 Å². The zero-order valence-corrected chi connectivity index (χ0v) is 10.2. The van der Waals surface area contributed by atoms with Crippen LogP contribution in [-0.4, -0.2) is 36.7 Å². The Hall–Kier alpha value is 0.160. The summed E-state index contributed by atoms with van der Waals surface area (Å²) in [6.07, 6.45) is 2.40. The van der Waals surface area contributed by atoms with Crippen LogP contribution in [0.4, 0.5) is 0 Å². The third kappa shape index (κ3) is 2.02. The SMILES string of the molecule is Cl.NC1CCS(=O)(=O)C2(C1)CC(CO)C2. The molecule has 1 atom stereocenters. The zero-order chi connectivity index (χ0) is 10.4. The van der Waals surface area contributed by atoms with E-state index in [0.717, 1.165) is 0 Å². The maximum Gasteiger partial charge on any atom is 0.156 e. The molecule has 4 nitrogen and oxygen atoms in total. The Morgan fingerprint density at radius 2 is 1.93 bits per heavy atom. The molecule has 15 heavy (non-hydrogen) atoms. The third-order valence-corrected chi connectivity index (χ3v) is 6.22. The fraction of sp³-hybridized carbons (Fsp3) is 1.00. The minimum absolute atomic E-state index is 0. The van der Waals surface area contributed by atoms with Crippen LogP contribution in [0.2, 0.25) is 0 Å². The molecule has 0 aromatic heterocycles. The van der Waals surface area contributed by atoms with Crippen LogP contribution in [0.15, 0.2) is 0 Å². The molecule has 2 rings (SSSR count). The van der Waals surface area contributed by atoms with Gasteiger partial charge in [0.2, 0.25) is 0 Å². The Balaban J connectivity index is 0.00000112. The monoisotopic (exact) mass is 255 g/mol. The average molecular weight is 256 g/mol. The molecule has 0 radical (unpaired) electrons. The van der Waals surface area contributed by atoms with Crippen molar-refractivity contribution in [2.75, 3.05) is 12.4 Å². The Labute approximate surface area is 96.6 Å². The smallest absolute Gasteiger partial charge is 0.156 e. The molecule has 0 bridgehead atoms. The van der Waals surface area contributed by atoms with E-state index in [4.69, 9.17) is 10.8 Å². The van der Waals surface area contributed by atoms with Crippen LogP contribution in [0, 0.1) is 5.92 Å². The van der Waals surface area contributed by atoms with Crippen molar-refractivity contribution in [3.05, 3.63) is 0 Å². The standard InChI is InChI=1S/C9H17NO3S.ClH/c10-8-1-2-14(12,13)9(5-8)3-7(4-9)6-11;/h7-8,11H,1-6,10H2;1H. The van der Waals surface area contributed by atoms with Gasteiger partial charge in [-0.3, -0.25) is 0 Å². The van der Waals surface area contributed by atoms with Crippen LogP contribution < -0.4 is 5.73 Å². The summed E-state index contributed by atoms with van der Waals surface area (Å²) in [5.41, 5.74) is 5.80. The van der Waals surface area contributed by atoms with Crippen LogP contribution in [0.1, 0.15) is 25.7 Å². The largest absolute Gasteiger partial charge is 0.396 e. The lowest BCUT2D eigenvalue weighted by Crippen LogP contribution is -2.58. The molecule has 6 heteroatoms. The molecule has 1 saturated heterocycles. The summed E-state index contributed by atoms with van der Waals surface area (Å²) < 4.78 is 23.1. The van der Waals surface area contributed by atoms with Gasteiger partial charge in [0.05, 0.1) is 10.5 Å². The van der Waals surface area contributed by atoms with E-state index in [1.807, 2.05) is 0 Å². The van der Waals surface area contributed by atoms with Crippen molar-refractivity contribution < 1.29 is 13.5 Å². The Morgan fingerprint density at radius 1 is 1.33 bits per heavy atom. The number of hydrogen-bond donors (Lipinski definition) is 2. The second-order valence-electron chi connectivity index (χ2n) is 4.71. The summed E-state index contributed by atoms with van der Waals surface area (Å²) in [6.45, 7) is 0.104. The summed E-state index contributed by atoms with van der Waals surface area (Å²) >= 11 is 0. The second kappa shape index (κ2) is 4.20. The molecule has 3 N–H and O–H groups in total. The van der Waals surface area contributed by atoms with Gasteiger partial charge in [0, 0.05) is 12.6 Å². The number of halogens is 1. The maximum atomic E-state index is 11.9. The van der Waals surface area contributed by atoms with E-state index in [9.17, 15) is 8.42 Å². The van der Waals surface area contributed by atoms with Crippen molar-refractivity contribution in [3.63, 3.8) is 0 Å². The highest BCUT2D eigenvalue weighted by molar-refractivity contribution is 7.92. The van der Waals surface area contributed by atoms with Gasteiger partial charge >= 0.3 is 0 Å². The fourth-order valence-electron chi connectivity index (χ4n) is 2.77. The van der Waals surface area contributed by atoms with Gasteiger partial charge in [0.25, 0.3) is 0 Å². The number of rotatable bonds is 1. The van der Waals surface area contributed by atoms with Crippen molar-refractivity contribution >= 4 is 22.2 Å². The van der Waals surface area contributed by atoms with E-state index >= 15 is 0 Å². The van der Waals surface area contributed by atoms with Crippen LogP contribution in [0.3, 0.4) is 0 Å². The molecule has 1 saturated carbocycles. The first-order valence-electron chi connectivity index (χ1n) is 5.08. The summed E-state index contributed by atoms with van der Waals surface area (Å²) in [4.78, 5) is 0. The zero-order valence-electron chi connectivity index (χ0n) is 8.55. The van der Waals surface area contributed by atoms with Gasteiger partial charge in [0.1, 0.15) is 0 Å². The molecule has 0 aromatic carbocycles. The predicted octanol–water partition coefficient (Wildman–Crippen LogP) is 0.0852. The van der Waals surface area contributed by atoms with Crippen LogP contribution in [0.25, 0.3) is 0 Å². The average Bonchev–Trinajstić information content (AvgIpc) is 2.05. The Bertz CT molecular complexity index is 324. The Morgan fingerprint density at radius 3 is 2.47 bits per heavy atom. The van der Waals surface area contributed by atoms with Gasteiger partial charge in [-0.1, -0.05) is 0 Å². The van der Waals surface area contributed by atoms with Crippen molar-refractivity contribution in [3.8, 4) is 0 Å². The number of aliphatic hydroxyl groups is 1. The van der Waals surface area contributed by atoms with Crippen LogP contribution in [-0.2, 0) is 9.84 Å². The number of sulfone groups is 1. The first-order valence-corrected chi connectivity index (χ1v) is 6.73. The van der Waals surface area contributed by atoms with Crippen molar-refractivity contribution in [1.29, 1.82) is 0 Å². The summed E-state index contributed by atoms with van der Waals surface area (Å²) in [5, 5.41) is 8.91. The van der Waals surface area contributed by atoms with Crippen LogP contribution in [0.5, 0.6) is 0 Å². The molecular weight excluding hydrogens is 238 g/mol. The number of hydrogen-bond acceptors (Lipinski definition) is 4. The second-order valence-corrected chi connectivity index (χ2v) is 7.22. The summed E-state index contributed by atoms with van der Waals surface area (Å²) in [5.74, 6) is 0.404. The van der Waals surface area contributed by atoms with Gasteiger partial charge in [-0.15, -0.1) is 12.4 Å². The molecule has 1 heterocycles. The van der Waals surface area contributed by atoms with E-state index in [1.165, 1.54) is 0 Å². The van der Waals surface area contributed by atoms with Crippen LogP contribution >= 0.6 is 12.4 Å². The lowest BCUT2D eigenvalue weighted by Gasteiger charge is -2.49. The molecule has 1 unspecified atom stereocenters. The highest BCUT2D eigenvalue weighted by Gasteiger charge is 2.55. The van der Waals surface area contributed by atoms with Gasteiger partial charge in [-0.25, -0.2) is 8.42 Å². The normalized spacial score (nSPS) is 43.1. The molecular formula is C9H18ClNO3S. The van der Waals surface area contributed by atoms with Crippen molar-refractivity contribution in [2.45, 2.75) is 36.5 Å². The topological polar surface area (TPSA) is 80.4 Å². The van der Waals surface area contributed by atoms with E-state index in [-0.39, 0.29) is 36.7 Å². The van der Waals surface area contributed by atoms with E-state index in [0.29, 0.717) is 25.7 Å². The van der Waals surface area contributed by atoms with E-state index < -0.39 is 14.6 Å². The minimum Gasteiger partial charge on any atom is -0.396 e. The minimum atomic E-state index is -2.95. The summed E-state index contributed by atoms with van der Waals surface area (Å²) in [6, 6.07) is 0.0261. The molecule has 2 aliphatic rings. The van der Waals surface area contributed by atoms with E-state index in [2.05, 4.69) is 0 Å². The lowest BCUT2D eigenvalue weighted by atomic mass is 9.71. The molecule has 1 aliphatic heterocycles. The molecule has 90 valence electrons. The molecule has 0 amide bonds. The first-order chi connectivity index (χ1) is 6.49. The Kier molecular flexibility index (Phi) is 3.70. The van der Waals surface area contributed by atoms with Gasteiger partial charge in [0.15, 0.2) is 9.84 Å². The highest BCUT2D eigenvalue weighted by Crippen LogP contribution is 2.49. The van der Waals surface area contributed by atoms with Gasteiger partial charge < -0.3 is 10.8 Å². The van der Waals surface area contributed by atoms with Gasteiger partial charge in [-0.05, 0) is 31.6 Å². The third-order valence-electron chi connectivity index (χ3n) is 3.63. The number of aliphatic hydroxyl groups excluding tert-OH is 1. The molecule has 1 spiro atoms. The van der Waals surface area contributed by atoms with Crippen molar-refractivity contribution in [1.82, 2.24) is 0 Å². The quantitative estimate of drug-likeness (QED) is 0.696. The molecule has 2 fully saturated rings. The van der Waals surface area contributed by atoms with Crippen molar-refractivity contribution in [2.24, 2.45) is 11.7 Å². The molecule has 1 aliphatic carbocycles. The highest BCUT2D eigenvalue weighted by atomic mass is 35.5. The predicted molar refractivity (Wildman–Crippen MR) is 60.8 cm³/mol.